The number of hydrogen-bond donors (Lipinski definition) is 0. The summed E-state index contributed by atoms with van der Waals surface area (Å²) >= 11 is 14.1. The summed E-state index contributed by atoms with van der Waals surface area (Å²) in [6.07, 6.45) is -2.77. The van der Waals surface area contributed by atoms with Crippen molar-refractivity contribution in [2.75, 3.05) is 0 Å². The molecule has 5 aromatic rings. The monoisotopic (exact) mass is 692 g/mol. The highest BCUT2D eigenvalue weighted by Crippen LogP contribution is 2.58. The van der Waals surface area contributed by atoms with Gasteiger partial charge in [-0.2, -0.15) is 0 Å². The molecule has 1 aliphatic rings. The summed E-state index contributed by atoms with van der Waals surface area (Å²) in [4.78, 5) is 0. The van der Waals surface area contributed by atoms with Gasteiger partial charge in [-0.15, -0.1) is 0 Å². The Bertz CT molecular complexity index is 1710. The van der Waals surface area contributed by atoms with E-state index >= 15 is 0 Å². The van der Waals surface area contributed by atoms with Gasteiger partial charge in [-0.1, -0.05) is 63.9 Å². The van der Waals surface area contributed by atoms with Crippen LogP contribution in [0.15, 0.2) is 87.8 Å². The highest BCUT2D eigenvalue weighted by molar-refractivity contribution is 9.10. The molecular weight excluding hydrogens is 663 g/mol. The Morgan fingerprint density at radius 1 is 0.625 bits per heavy atom. The van der Waals surface area contributed by atoms with Crippen LogP contribution in [0.1, 0.15) is 47.8 Å². The molecule has 0 saturated carbocycles. The largest absolute Gasteiger partial charge is 0.458 e. The Labute approximate surface area is 258 Å². The highest BCUT2D eigenvalue weighted by atomic mass is 79.9. The molecule has 0 radical (unpaired) electrons. The van der Waals surface area contributed by atoms with Crippen molar-refractivity contribution in [2.24, 2.45) is 0 Å². The minimum absolute atomic E-state index is 0.280. The second-order valence-corrected chi connectivity index (χ2v) is 16.5. The van der Waals surface area contributed by atoms with Crippen molar-refractivity contribution in [3.05, 3.63) is 122 Å². The molecule has 0 unspecified atom stereocenters. The highest BCUT2D eigenvalue weighted by Gasteiger charge is 2.50. The van der Waals surface area contributed by atoms with E-state index in [-0.39, 0.29) is 5.41 Å². The predicted octanol–water partition coefficient (Wildman–Crippen LogP) is 9.09. The van der Waals surface area contributed by atoms with Gasteiger partial charge < -0.3 is 13.7 Å². The number of para-hydroxylation sites is 1. The van der Waals surface area contributed by atoms with Gasteiger partial charge in [0.2, 0.25) is 0 Å². The van der Waals surface area contributed by atoms with E-state index in [1.807, 2.05) is 30.3 Å². The molecule has 0 saturated heterocycles. The van der Waals surface area contributed by atoms with Crippen molar-refractivity contribution < 1.29 is 4.52 Å². The van der Waals surface area contributed by atoms with E-state index in [0.29, 0.717) is 0 Å². The van der Waals surface area contributed by atoms with Crippen molar-refractivity contribution in [2.45, 2.75) is 47.0 Å². The van der Waals surface area contributed by atoms with Gasteiger partial charge in [-0.25, -0.2) is 0 Å². The molecule has 3 heterocycles. The Hall–Kier alpha value is -2.37. The van der Waals surface area contributed by atoms with Crippen LogP contribution >= 0.6 is 38.1 Å². The lowest BCUT2D eigenvalue weighted by molar-refractivity contribution is 0.608. The molecule has 6 rings (SSSR count). The van der Waals surface area contributed by atoms with E-state index in [1.54, 1.807) is 0 Å². The van der Waals surface area contributed by atoms with Crippen LogP contribution in [0.3, 0.4) is 0 Å². The summed E-state index contributed by atoms with van der Waals surface area (Å²) in [6, 6.07) is 27.1. The van der Waals surface area contributed by atoms with Gasteiger partial charge in [0, 0.05) is 48.5 Å². The van der Waals surface area contributed by atoms with Gasteiger partial charge in [0.1, 0.15) is 5.75 Å². The van der Waals surface area contributed by atoms with Crippen molar-refractivity contribution in [3.63, 3.8) is 0 Å². The lowest BCUT2D eigenvalue weighted by atomic mass is 9.77. The summed E-state index contributed by atoms with van der Waals surface area (Å²) in [5, 5.41) is 2.36. The molecular formula is C33H31Br2N2OPS. The standard InChI is InChI=1S/C33H31Br2N2OPS/c1-20-29-31(22(3)36(20)26-16-12-24(34)13-17-26)39(40,38-28-10-8-7-9-11-28)32-23(4)37(21(2)30(32)33(29,5)6)27-18-14-25(35)15-19-27/h7-19H,1-6H3. The van der Waals surface area contributed by atoms with Crippen LogP contribution in [-0.2, 0) is 17.2 Å². The third-order valence-corrected chi connectivity index (χ3v) is 13.3. The second kappa shape index (κ2) is 9.87. The zero-order valence-electron chi connectivity index (χ0n) is 23.4. The minimum Gasteiger partial charge on any atom is -0.458 e. The van der Waals surface area contributed by atoms with Crippen molar-refractivity contribution >= 4 is 60.5 Å². The summed E-state index contributed by atoms with van der Waals surface area (Å²) in [6.45, 7) is 13.6. The molecule has 7 heteroatoms. The van der Waals surface area contributed by atoms with Gasteiger partial charge in [0.05, 0.1) is 10.6 Å². The molecule has 204 valence electrons. The zero-order valence-corrected chi connectivity index (χ0v) is 28.3. The van der Waals surface area contributed by atoms with E-state index < -0.39 is 6.26 Å². The van der Waals surface area contributed by atoms with Crippen LogP contribution in [0.5, 0.6) is 5.75 Å². The fraction of sp³-hybridized carbons (Fsp3) is 0.212. The molecule has 0 N–H and O–H groups in total. The summed E-state index contributed by atoms with van der Waals surface area (Å²) in [7, 11) is 0. The van der Waals surface area contributed by atoms with Gasteiger partial charge in [0.25, 0.3) is 0 Å². The van der Waals surface area contributed by atoms with Crippen LogP contribution in [0.25, 0.3) is 11.4 Å². The number of rotatable bonds is 4. The van der Waals surface area contributed by atoms with Crippen LogP contribution in [0, 0.1) is 27.7 Å². The maximum absolute atomic E-state index is 7.08. The first kappa shape index (κ1) is 27.8. The first-order valence-corrected chi connectivity index (χ1v) is 17.6. The average molecular weight is 694 g/mol. The fourth-order valence-electron chi connectivity index (χ4n) is 6.77. The molecule has 3 aromatic carbocycles. The van der Waals surface area contributed by atoms with Crippen LogP contribution in [0.2, 0.25) is 0 Å². The molecule has 1 aliphatic heterocycles. The number of aromatic nitrogens is 2. The molecule has 0 spiro atoms. The third-order valence-electron chi connectivity index (χ3n) is 8.21. The first-order valence-electron chi connectivity index (χ1n) is 13.3. The van der Waals surface area contributed by atoms with E-state index in [2.05, 4.69) is 131 Å². The van der Waals surface area contributed by atoms with Crippen molar-refractivity contribution in [3.8, 4) is 17.1 Å². The lowest BCUT2D eigenvalue weighted by Crippen LogP contribution is -2.41. The maximum Gasteiger partial charge on any atom is 0.175 e. The Balaban J connectivity index is 1.71. The van der Waals surface area contributed by atoms with Gasteiger partial charge in [-0.05, 0) is 111 Å². The minimum atomic E-state index is -2.77. The molecule has 0 fully saturated rings. The fourth-order valence-corrected chi connectivity index (χ4v) is 12.2. The number of fused-ring (bicyclic) bond motifs is 2. The smallest absolute Gasteiger partial charge is 0.175 e. The third kappa shape index (κ3) is 4.06. The molecule has 40 heavy (non-hydrogen) atoms. The Morgan fingerprint density at radius 2 is 1.02 bits per heavy atom. The Morgan fingerprint density at radius 3 is 1.43 bits per heavy atom. The van der Waals surface area contributed by atoms with Crippen molar-refractivity contribution in [1.82, 2.24) is 9.13 Å². The molecule has 3 nitrogen and oxygen atoms in total. The quantitative estimate of drug-likeness (QED) is 0.175. The predicted molar refractivity (Wildman–Crippen MR) is 179 cm³/mol. The number of halogens is 2. The number of nitrogens with zero attached hydrogens (tertiary/aromatic N) is 2. The maximum atomic E-state index is 7.08. The molecule has 0 amide bonds. The van der Waals surface area contributed by atoms with E-state index in [1.165, 1.54) is 33.1 Å². The average Bonchev–Trinajstić information content (AvgIpc) is 3.36. The summed E-state index contributed by atoms with van der Waals surface area (Å²) in [5.74, 6) is 0.810. The second-order valence-electron chi connectivity index (χ2n) is 11.0. The van der Waals surface area contributed by atoms with Gasteiger partial charge in [0.15, 0.2) is 6.26 Å². The van der Waals surface area contributed by atoms with Gasteiger partial charge in [-0.3, -0.25) is 0 Å². The van der Waals surface area contributed by atoms with Crippen LogP contribution in [-0.4, -0.2) is 9.13 Å². The van der Waals surface area contributed by atoms with Crippen LogP contribution < -0.4 is 15.1 Å². The Kier molecular flexibility index (Phi) is 6.86. The number of hydrogen-bond acceptors (Lipinski definition) is 2. The molecule has 0 atom stereocenters. The van der Waals surface area contributed by atoms with Crippen LogP contribution in [0.4, 0.5) is 0 Å². The zero-order chi connectivity index (χ0) is 28.6. The molecule has 0 aliphatic carbocycles. The van der Waals surface area contributed by atoms with E-state index in [4.69, 9.17) is 16.3 Å². The lowest BCUT2D eigenvalue weighted by Gasteiger charge is -2.39. The topological polar surface area (TPSA) is 19.1 Å². The van der Waals surface area contributed by atoms with E-state index in [0.717, 1.165) is 37.5 Å². The first-order chi connectivity index (χ1) is 19.0. The summed E-state index contributed by atoms with van der Waals surface area (Å²) in [5.41, 5.74) is 9.28. The van der Waals surface area contributed by atoms with Crippen molar-refractivity contribution in [1.29, 1.82) is 0 Å². The normalized spacial score (nSPS) is 15.0. The van der Waals surface area contributed by atoms with E-state index in [9.17, 15) is 0 Å². The number of benzene rings is 3. The molecule has 2 aromatic heterocycles. The SMILES string of the molecule is Cc1c2c(c(C)n1-c1ccc(Br)cc1)P(=S)(Oc1ccccc1)c1c(c(C)n(-c3ccc(Br)cc3)c1C)C2(C)C. The molecule has 0 bridgehead atoms. The summed E-state index contributed by atoms with van der Waals surface area (Å²) < 4.78 is 13.9. The van der Waals surface area contributed by atoms with Gasteiger partial charge >= 0.3 is 0 Å².